The molecule has 2 amide bonds. The maximum atomic E-state index is 15.2. The van der Waals surface area contributed by atoms with Crippen LogP contribution in [0.25, 0.3) is 22.3 Å². The molecule has 0 saturated carbocycles. The highest BCUT2D eigenvalue weighted by molar-refractivity contribution is 5.83. The van der Waals surface area contributed by atoms with Crippen LogP contribution in [0.15, 0.2) is 109 Å². The molecule has 0 radical (unpaired) electrons. The topological polar surface area (TPSA) is 110 Å². The molecular weight excluding hydrogens is 717 g/mol. The van der Waals surface area contributed by atoms with Crippen LogP contribution in [-0.4, -0.2) is 65.0 Å². The Bertz CT molecular complexity index is 2150. The number of carboxylic acids is 1. The molecule has 0 bridgehead atoms. The van der Waals surface area contributed by atoms with Crippen LogP contribution in [-0.2, 0) is 25.6 Å². The second kappa shape index (κ2) is 16.9. The van der Waals surface area contributed by atoms with Crippen molar-refractivity contribution in [2.24, 2.45) is 5.41 Å². The van der Waals surface area contributed by atoms with Crippen molar-refractivity contribution in [3.8, 4) is 22.3 Å². The summed E-state index contributed by atoms with van der Waals surface area (Å²) >= 11 is 0. The monoisotopic (exact) mass is 763 g/mol. The fraction of sp³-hybridized carbons (Fsp3) is 0.311. The third-order valence-corrected chi connectivity index (χ3v) is 10.4. The van der Waals surface area contributed by atoms with Crippen LogP contribution in [0.5, 0.6) is 0 Å². The average Bonchev–Trinajstić information content (AvgIpc) is 3.73. The van der Waals surface area contributed by atoms with E-state index in [0.29, 0.717) is 17.8 Å². The number of aliphatic carboxylic acids is 1. The van der Waals surface area contributed by atoms with E-state index in [4.69, 9.17) is 9.47 Å². The molecule has 5 aromatic rings. The third kappa shape index (κ3) is 8.68. The fourth-order valence-corrected chi connectivity index (χ4v) is 7.62. The first kappa shape index (κ1) is 39.9. The number of hydrogen-bond donors (Lipinski definition) is 2. The minimum atomic E-state index is -1.41. The number of halogens is 2. The second-order valence-corrected chi connectivity index (χ2v) is 15.2. The number of benzene rings is 4. The fourth-order valence-electron chi connectivity index (χ4n) is 7.62. The van der Waals surface area contributed by atoms with E-state index in [0.717, 1.165) is 46.0 Å². The minimum absolute atomic E-state index is 0.000900. The van der Waals surface area contributed by atoms with Gasteiger partial charge < -0.3 is 29.4 Å². The van der Waals surface area contributed by atoms with Gasteiger partial charge in [0, 0.05) is 49.1 Å². The molecule has 6 rings (SSSR count). The zero-order valence-electron chi connectivity index (χ0n) is 32.2. The van der Waals surface area contributed by atoms with E-state index in [9.17, 15) is 23.9 Å². The smallest absolute Gasteiger partial charge is 0.407 e. The SMILES string of the molecule is CO[C@@H](C)C(=O)N(CC[C@H](NC(=O)OCC1c2ccccc2-c2ccccc21)C(=O)O)[C@@H](c1cc(-c2cc(F)ccc2F)cn1Cc1ccccc1)C(C)(C)C. The molecule has 1 aromatic heterocycles. The van der Waals surface area contributed by atoms with Crippen LogP contribution in [0.1, 0.15) is 68.5 Å². The van der Waals surface area contributed by atoms with E-state index in [1.807, 2.05) is 104 Å². The van der Waals surface area contributed by atoms with Crippen LogP contribution in [0.2, 0.25) is 0 Å². The number of aromatic nitrogens is 1. The summed E-state index contributed by atoms with van der Waals surface area (Å²) in [6.45, 7) is 7.69. The van der Waals surface area contributed by atoms with Crippen molar-refractivity contribution in [3.63, 3.8) is 0 Å². The number of methoxy groups -OCH3 is 1. The molecule has 0 saturated heterocycles. The third-order valence-electron chi connectivity index (χ3n) is 10.4. The van der Waals surface area contributed by atoms with Crippen LogP contribution < -0.4 is 5.32 Å². The number of nitrogens with zero attached hydrogens (tertiary/aromatic N) is 2. The Morgan fingerprint density at radius 2 is 1.50 bits per heavy atom. The predicted octanol–water partition coefficient (Wildman–Crippen LogP) is 8.81. The lowest BCUT2D eigenvalue weighted by atomic mass is 9.82. The van der Waals surface area contributed by atoms with Gasteiger partial charge >= 0.3 is 12.1 Å². The van der Waals surface area contributed by atoms with Gasteiger partial charge in [-0.2, -0.15) is 0 Å². The first-order chi connectivity index (χ1) is 26.8. The molecule has 56 heavy (non-hydrogen) atoms. The maximum Gasteiger partial charge on any atom is 0.407 e. The van der Waals surface area contributed by atoms with Crippen molar-refractivity contribution >= 4 is 18.0 Å². The average molecular weight is 764 g/mol. The number of ether oxygens (including phenoxy) is 2. The molecular formula is C45H47F2N3O6. The Morgan fingerprint density at radius 1 is 0.875 bits per heavy atom. The summed E-state index contributed by atoms with van der Waals surface area (Å²) in [5.41, 5.74) is 5.52. The lowest BCUT2D eigenvalue weighted by Crippen LogP contribution is -2.49. The zero-order chi connectivity index (χ0) is 40.1. The van der Waals surface area contributed by atoms with E-state index < -0.39 is 53.2 Å². The van der Waals surface area contributed by atoms with Crippen molar-refractivity contribution in [2.45, 2.75) is 64.8 Å². The number of rotatable bonds is 14. The van der Waals surface area contributed by atoms with Gasteiger partial charge in [0.25, 0.3) is 5.91 Å². The lowest BCUT2D eigenvalue weighted by molar-refractivity contribution is -0.148. The minimum Gasteiger partial charge on any atom is -0.480 e. The second-order valence-electron chi connectivity index (χ2n) is 15.2. The van der Waals surface area contributed by atoms with Gasteiger partial charge in [-0.05, 0) is 70.8 Å². The van der Waals surface area contributed by atoms with E-state index in [1.54, 1.807) is 24.1 Å². The van der Waals surface area contributed by atoms with Gasteiger partial charge in [-0.15, -0.1) is 0 Å². The zero-order valence-corrected chi connectivity index (χ0v) is 32.2. The van der Waals surface area contributed by atoms with E-state index >= 15 is 4.39 Å². The molecule has 11 heteroatoms. The number of hydrogen-bond acceptors (Lipinski definition) is 5. The Kier molecular flexibility index (Phi) is 12.0. The van der Waals surface area contributed by atoms with Gasteiger partial charge in [0.15, 0.2) is 0 Å². The Morgan fingerprint density at radius 3 is 2.11 bits per heavy atom. The van der Waals surface area contributed by atoms with Gasteiger partial charge in [0.1, 0.15) is 30.4 Å². The predicted molar refractivity (Wildman–Crippen MR) is 210 cm³/mol. The van der Waals surface area contributed by atoms with Crippen molar-refractivity contribution in [1.29, 1.82) is 0 Å². The molecule has 292 valence electrons. The molecule has 1 heterocycles. The molecule has 0 spiro atoms. The van der Waals surface area contributed by atoms with Gasteiger partial charge in [-0.1, -0.05) is 99.6 Å². The number of carbonyl (C=O) groups is 3. The molecule has 2 N–H and O–H groups in total. The number of carboxylic acid groups (broad SMARTS) is 1. The van der Waals surface area contributed by atoms with Crippen LogP contribution in [0, 0.1) is 17.0 Å². The summed E-state index contributed by atoms with van der Waals surface area (Å²) in [4.78, 5) is 41.7. The van der Waals surface area contributed by atoms with Crippen LogP contribution >= 0.6 is 0 Å². The quantitative estimate of drug-likeness (QED) is 0.117. The molecule has 4 aromatic carbocycles. The molecule has 0 aliphatic heterocycles. The molecule has 0 unspecified atom stereocenters. The highest BCUT2D eigenvalue weighted by Gasteiger charge is 2.39. The largest absolute Gasteiger partial charge is 0.480 e. The lowest BCUT2D eigenvalue weighted by Gasteiger charge is -2.42. The number of nitrogens with one attached hydrogen (secondary N) is 1. The van der Waals surface area contributed by atoms with Gasteiger partial charge in [0.2, 0.25) is 0 Å². The molecule has 1 aliphatic carbocycles. The molecule has 9 nitrogen and oxygen atoms in total. The molecule has 0 fully saturated rings. The Balaban J connectivity index is 1.28. The van der Waals surface area contributed by atoms with E-state index in [2.05, 4.69) is 5.32 Å². The Hall–Kier alpha value is -5.81. The summed E-state index contributed by atoms with van der Waals surface area (Å²) in [6.07, 6.45) is -0.233. The summed E-state index contributed by atoms with van der Waals surface area (Å²) < 4.78 is 42.7. The number of alkyl carbamates (subject to hydrolysis) is 1. The van der Waals surface area contributed by atoms with Gasteiger partial charge in [0.05, 0.1) is 6.04 Å². The van der Waals surface area contributed by atoms with Crippen molar-refractivity contribution in [2.75, 3.05) is 20.3 Å². The molecule has 1 aliphatic rings. The van der Waals surface area contributed by atoms with E-state index in [-0.39, 0.29) is 31.1 Å². The van der Waals surface area contributed by atoms with Gasteiger partial charge in [-0.3, -0.25) is 4.79 Å². The standard InChI is InChI=1S/C45H47F2N3O6/c1-28(55-5)42(51)50(22-21-39(43(52)53)48-44(54)56-27-37-34-17-11-9-15-32(34)33-16-10-12-18-35(33)37)41(45(2,3)4)40-23-30(36-24-31(46)19-20-38(36)47)26-49(40)25-29-13-7-6-8-14-29/h6-20,23-24,26,28,37,39,41H,21-22,25,27H2,1-5H3,(H,48,54)(H,52,53)/t28-,39-,41-/m0/s1. The summed E-state index contributed by atoms with van der Waals surface area (Å²) in [5.74, 6) is -3.13. The summed E-state index contributed by atoms with van der Waals surface area (Å²) in [7, 11) is 1.41. The number of fused-ring (bicyclic) bond motifs is 3. The molecule has 3 atom stereocenters. The first-order valence-corrected chi connectivity index (χ1v) is 18.6. The first-order valence-electron chi connectivity index (χ1n) is 18.6. The van der Waals surface area contributed by atoms with Crippen LogP contribution in [0.3, 0.4) is 0 Å². The number of carbonyl (C=O) groups excluding carboxylic acids is 2. The van der Waals surface area contributed by atoms with E-state index in [1.165, 1.54) is 7.11 Å². The Labute approximate surface area is 325 Å². The maximum absolute atomic E-state index is 15.2. The normalized spacial score (nSPS) is 14.0. The van der Waals surface area contributed by atoms with Crippen molar-refractivity contribution < 1.29 is 37.7 Å². The highest BCUT2D eigenvalue weighted by atomic mass is 19.1. The summed E-state index contributed by atoms with van der Waals surface area (Å²) in [5, 5.41) is 12.8. The van der Waals surface area contributed by atoms with Crippen molar-refractivity contribution in [1.82, 2.24) is 14.8 Å². The summed E-state index contributed by atoms with van der Waals surface area (Å²) in [6, 6.07) is 28.3. The van der Waals surface area contributed by atoms with Gasteiger partial charge in [-0.25, -0.2) is 18.4 Å². The van der Waals surface area contributed by atoms with Crippen LogP contribution in [0.4, 0.5) is 13.6 Å². The van der Waals surface area contributed by atoms with Crippen molar-refractivity contribution in [3.05, 3.63) is 143 Å². The number of amides is 2. The highest BCUT2D eigenvalue weighted by Crippen LogP contribution is 2.45.